The fraction of sp³-hybridized carbons (Fsp3) is 0.308. The van der Waals surface area contributed by atoms with Crippen molar-refractivity contribution in [1.82, 2.24) is 0 Å². The van der Waals surface area contributed by atoms with Crippen LogP contribution in [0.2, 0.25) is 0 Å². The lowest BCUT2D eigenvalue weighted by Crippen LogP contribution is -1.99. The number of ether oxygens (including phenoxy) is 1. The van der Waals surface area contributed by atoms with Crippen molar-refractivity contribution in [3.8, 4) is 0 Å². The maximum absolute atomic E-state index is 10.6. The Morgan fingerprint density at radius 1 is 1.47 bits per heavy atom. The third-order valence-electron chi connectivity index (χ3n) is 2.30. The van der Waals surface area contributed by atoms with Gasteiger partial charge in [0.2, 0.25) is 0 Å². The molecular formula is C13H16O2. The van der Waals surface area contributed by atoms with Crippen LogP contribution in [0.1, 0.15) is 30.9 Å². The maximum Gasteiger partial charge on any atom is 0.302 e. The first-order valence-electron chi connectivity index (χ1n) is 4.98. The van der Waals surface area contributed by atoms with Crippen LogP contribution in [0, 0.1) is 0 Å². The zero-order valence-electron chi connectivity index (χ0n) is 9.19. The minimum absolute atomic E-state index is 0.251. The van der Waals surface area contributed by atoms with E-state index >= 15 is 0 Å². The Morgan fingerprint density at radius 2 is 2.07 bits per heavy atom. The van der Waals surface area contributed by atoms with Crippen LogP contribution in [-0.4, -0.2) is 5.97 Å². The molecule has 1 aromatic rings. The minimum Gasteiger partial charge on any atom is -0.461 e. The van der Waals surface area contributed by atoms with Crippen molar-refractivity contribution in [2.24, 2.45) is 0 Å². The highest BCUT2D eigenvalue weighted by molar-refractivity contribution is 5.65. The van der Waals surface area contributed by atoms with Crippen molar-refractivity contribution < 1.29 is 9.53 Å². The molecule has 1 aromatic carbocycles. The molecule has 0 bridgehead atoms. The summed E-state index contributed by atoms with van der Waals surface area (Å²) >= 11 is 0. The van der Waals surface area contributed by atoms with E-state index in [-0.39, 0.29) is 5.97 Å². The molecule has 80 valence electrons. The summed E-state index contributed by atoms with van der Waals surface area (Å²) < 4.78 is 4.90. The largest absolute Gasteiger partial charge is 0.461 e. The van der Waals surface area contributed by atoms with Crippen LogP contribution in [0.15, 0.2) is 36.9 Å². The van der Waals surface area contributed by atoms with Gasteiger partial charge in [-0.1, -0.05) is 37.3 Å². The minimum atomic E-state index is -0.251. The number of hydrogen-bond acceptors (Lipinski definition) is 2. The van der Waals surface area contributed by atoms with E-state index < -0.39 is 0 Å². The highest BCUT2D eigenvalue weighted by atomic mass is 16.5. The fourth-order valence-electron chi connectivity index (χ4n) is 1.24. The van der Waals surface area contributed by atoms with Gasteiger partial charge in [0, 0.05) is 6.92 Å². The maximum atomic E-state index is 10.6. The van der Waals surface area contributed by atoms with Crippen LogP contribution < -0.4 is 0 Å². The lowest BCUT2D eigenvalue weighted by atomic mass is 10.0. The number of benzene rings is 1. The summed E-state index contributed by atoms with van der Waals surface area (Å²) in [5.74, 6) is 0.103. The Bertz CT molecular complexity index is 338. The van der Waals surface area contributed by atoms with E-state index in [0.29, 0.717) is 12.5 Å². The van der Waals surface area contributed by atoms with Crippen LogP contribution in [0.3, 0.4) is 0 Å². The summed E-state index contributed by atoms with van der Waals surface area (Å²) in [7, 11) is 0. The van der Waals surface area contributed by atoms with Crippen LogP contribution in [0.5, 0.6) is 0 Å². The fourth-order valence-corrected chi connectivity index (χ4v) is 1.24. The molecule has 0 aliphatic rings. The standard InChI is InChI=1S/C13H16O2/c1-4-10(2)13-7-5-12(6-8-13)9-15-11(3)14/h4-8,10H,1,9H2,2-3H3. The van der Waals surface area contributed by atoms with E-state index in [1.807, 2.05) is 30.3 Å². The number of esters is 1. The Labute approximate surface area is 90.6 Å². The molecule has 0 saturated carbocycles. The molecule has 2 nitrogen and oxygen atoms in total. The molecule has 2 heteroatoms. The number of allylic oxidation sites excluding steroid dienone is 1. The summed E-state index contributed by atoms with van der Waals surface area (Å²) in [4.78, 5) is 10.6. The van der Waals surface area contributed by atoms with Gasteiger partial charge in [-0.05, 0) is 17.0 Å². The van der Waals surface area contributed by atoms with Gasteiger partial charge < -0.3 is 4.74 Å². The SMILES string of the molecule is C=CC(C)c1ccc(COC(C)=O)cc1. The lowest BCUT2D eigenvalue weighted by molar-refractivity contribution is -0.142. The Hall–Kier alpha value is -1.57. The third-order valence-corrected chi connectivity index (χ3v) is 2.30. The molecule has 0 aliphatic heterocycles. The molecule has 0 fully saturated rings. The van der Waals surface area contributed by atoms with Crippen LogP contribution in [0.25, 0.3) is 0 Å². The first kappa shape index (κ1) is 11.5. The van der Waals surface area contributed by atoms with Gasteiger partial charge >= 0.3 is 5.97 Å². The number of carbonyl (C=O) groups is 1. The normalized spacial score (nSPS) is 11.9. The Morgan fingerprint density at radius 3 is 2.53 bits per heavy atom. The summed E-state index contributed by atoms with van der Waals surface area (Å²) in [6.07, 6.45) is 1.90. The molecule has 15 heavy (non-hydrogen) atoms. The quantitative estimate of drug-likeness (QED) is 0.556. The van der Waals surface area contributed by atoms with E-state index in [2.05, 4.69) is 13.5 Å². The Kier molecular flexibility index (Phi) is 4.10. The molecule has 0 aliphatic carbocycles. The second kappa shape index (κ2) is 5.35. The van der Waals surface area contributed by atoms with Crippen molar-refractivity contribution in [3.63, 3.8) is 0 Å². The second-order valence-corrected chi connectivity index (χ2v) is 3.55. The van der Waals surface area contributed by atoms with Crippen LogP contribution in [0.4, 0.5) is 0 Å². The van der Waals surface area contributed by atoms with Gasteiger partial charge in [0.15, 0.2) is 0 Å². The highest BCUT2D eigenvalue weighted by Gasteiger charge is 2.01. The van der Waals surface area contributed by atoms with Crippen molar-refractivity contribution in [2.75, 3.05) is 0 Å². The first-order chi connectivity index (χ1) is 7.13. The summed E-state index contributed by atoms with van der Waals surface area (Å²) in [5, 5.41) is 0. The lowest BCUT2D eigenvalue weighted by Gasteiger charge is -2.07. The molecular weight excluding hydrogens is 188 g/mol. The van der Waals surface area contributed by atoms with Gasteiger partial charge in [0.25, 0.3) is 0 Å². The van der Waals surface area contributed by atoms with Gasteiger partial charge in [-0.2, -0.15) is 0 Å². The summed E-state index contributed by atoms with van der Waals surface area (Å²) in [6, 6.07) is 8.01. The van der Waals surface area contributed by atoms with E-state index in [0.717, 1.165) is 5.56 Å². The first-order valence-corrected chi connectivity index (χ1v) is 4.98. The zero-order chi connectivity index (χ0) is 11.3. The molecule has 0 amide bonds. The van der Waals surface area contributed by atoms with Gasteiger partial charge in [-0.15, -0.1) is 6.58 Å². The van der Waals surface area contributed by atoms with Crippen molar-refractivity contribution in [3.05, 3.63) is 48.0 Å². The van der Waals surface area contributed by atoms with E-state index in [1.54, 1.807) is 0 Å². The molecule has 0 aromatic heterocycles. The third kappa shape index (κ3) is 3.58. The predicted octanol–water partition coefficient (Wildman–Crippen LogP) is 3.04. The number of rotatable bonds is 4. The average Bonchev–Trinajstić information content (AvgIpc) is 2.26. The van der Waals surface area contributed by atoms with Crippen LogP contribution >= 0.6 is 0 Å². The smallest absolute Gasteiger partial charge is 0.302 e. The summed E-state index contributed by atoms with van der Waals surface area (Å²) in [5.41, 5.74) is 2.22. The molecule has 0 N–H and O–H groups in total. The van der Waals surface area contributed by atoms with Gasteiger partial charge in [-0.3, -0.25) is 4.79 Å². The van der Waals surface area contributed by atoms with E-state index in [9.17, 15) is 4.79 Å². The molecule has 1 atom stereocenters. The van der Waals surface area contributed by atoms with Crippen molar-refractivity contribution >= 4 is 5.97 Å². The molecule has 0 saturated heterocycles. The van der Waals surface area contributed by atoms with E-state index in [4.69, 9.17) is 4.74 Å². The molecule has 1 rings (SSSR count). The van der Waals surface area contributed by atoms with Gasteiger partial charge in [0.1, 0.15) is 6.61 Å². The van der Waals surface area contributed by atoms with Crippen molar-refractivity contribution in [2.45, 2.75) is 26.4 Å². The highest BCUT2D eigenvalue weighted by Crippen LogP contribution is 2.16. The van der Waals surface area contributed by atoms with Crippen molar-refractivity contribution in [1.29, 1.82) is 0 Å². The monoisotopic (exact) mass is 204 g/mol. The molecule has 0 radical (unpaired) electrons. The molecule has 0 heterocycles. The van der Waals surface area contributed by atoms with Gasteiger partial charge in [-0.25, -0.2) is 0 Å². The zero-order valence-corrected chi connectivity index (χ0v) is 9.19. The predicted molar refractivity (Wildman–Crippen MR) is 60.5 cm³/mol. The molecule has 0 spiro atoms. The molecule has 1 unspecified atom stereocenters. The second-order valence-electron chi connectivity index (χ2n) is 3.55. The topological polar surface area (TPSA) is 26.3 Å². The summed E-state index contributed by atoms with van der Waals surface area (Å²) in [6.45, 7) is 7.60. The average molecular weight is 204 g/mol. The van der Waals surface area contributed by atoms with Crippen LogP contribution in [-0.2, 0) is 16.1 Å². The number of hydrogen-bond donors (Lipinski definition) is 0. The van der Waals surface area contributed by atoms with Gasteiger partial charge in [0.05, 0.1) is 0 Å². The van der Waals surface area contributed by atoms with E-state index in [1.165, 1.54) is 12.5 Å². The Balaban J connectivity index is 2.63. The number of carbonyl (C=O) groups excluding carboxylic acids is 1.